The van der Waals surface area contributed by atoms with E-state index < -0.39 is 18.7 Å². The van der Waals surface area contributed by atoms with Gasteiger partial charge in [0.1, 0.15) is 0 Å². The van der Waals surface area contributed by atoms with E-state index in [0.717, 1.165) is 13.0 Å². The number of nitrogens with zero attached hydrogens (tertiary/aromatic N) is 2. The van der Waals surface area contributed by atoms with E-state index in [2.05, 4.69) is 4.90 Å². The Bertz CT molecular complexity index is 264. The van der Waals surface area contributed by atoms with Crippen LogP contribution in [0.15, 0.2) is 0 Å². The predicted molar refractivity (Wildman–Crippen MR) is 60.4 cm³/mol. The predicted octanol–water partition coefficient (Wildman–Crippen LogP) is 1.42. The molecule has 0 amide bonds. The van der Waals surface area contributed by atoms with Crippen molar-refractivity contribution in [2.24, 2.45) is 0 Å². The lowest BCUT2D eigenvalue weighted by Gasteiger charge is -2.34. The van der Waals surface area contributed by atoms with Crippen LogP contribution >= 0.6 is 0 Å². The van der Waals surface area contributed by atoms with Gasteiger partial charge in [-0.05, 0) is 19.4 Å². The Morgan fingerprint density at radius 1 is 1.06 bits per heavy atom. The number of piperazine rings is 1. The van der Waals surface area contributed by atoms with E-state index in [9.17, 15) is 18.0 Å². The van der Waals surface area contributed by atoms with E-state index in [1.165, 1.54) is 4.90 Å². The van der Waals surface area contributed by atoms with Crippen molar-refractivity contribution in [1.82, 2.24) is 9.80 Å². The lowest BCUT2D eigenvalue weighted by atomic mass is 10.2. The fraction of sp³-hybridized carbons (Fsp3) is 0.909. The molecule has 0 atom stereocenters. The van der Waals surface area contributed by atoms with Gasteiger partial charge in [-0.2, -0.15) is 13.2 Å². The molecule has 0 unspecified atom stereocenters. The standard InChI is InChI=1S/C11H19F3N2O2/c12-11(13,14)9-16-7-5-15(6-8-16)4-2-1-3-10(17)18/h1-9H2,(H,17,18). The summed E-state index contributed by atoms with van der Waals surface area (Å²) in [7, 11) is 0. The zero-order valence-electron chi connectivity index (χ0n) is 10.2. The number of carboxylic acid groups (broad SMARTS) is 1. The normalized spacial score (nSPS) is 19.1. The maximum Gasteiger partial charge on any atom is 0.401 e. The van der Waals surface area contributed by atoms with E-state index in [4.69, 9.17) is 5.11 Å². The summed E-state index contributed by atoms with van der Waals surface area (Å²) in [5.41, 5.74) is 0. The van der Waals surface area contributed by atoms with Gasteiger partial charge in [0.05, 0.1) is 6.54 Å². The van der Waals surface area contributed by atoms with Crippen molar-refractivity contribution < 1.29 is 23.1 Å². The maximum absolute atomic E-state index is 12.2. The molecule has 1 heterocycles. The molecule has 1 aliphatic heterocycles. The Morgan fingerprint density at radius 3 is 2.11 bits per heavy atom. The monoisotopic (exact) mass is 268 g/mol. The van der Waals surface area contributed by atoms with E-state index >= 15 is 0 Å². The summed E-state index contributed by atoms with van der Waals surface area (Å²) < 4.78 is 36.5. The van der Waals surface area contributed by atoms with Gasteiger partial charge in [-0.15, -0.1) is 0 Å². The molecule has 1 rings (SSSR count). The average molecular weight is 268 g/mol. The van der Waals surface area contributed by atoms with Gasteiger partial charge in [0.15, 0.2) is 0 Å². The second kappa shape index (κ2) is 6.94. The molecule has 7 heteroatoms. The van der Waals surface area contributed by atoms with Crippen LogP contribution in [0.3, 0.4) is 0 Å². The molecule has 1 fully saturated rings. The molecule has 1 saturated heterocycles. The van der Waals surface area contributed by atoms with Gasteiger partial charge < -0.3 is 10.0 Å². The van der Waals surface area contributed by atoms with E-state index in [0.29, 0.717) is 32.6 Å². The Labute approximate surface area is 104 Å². The molecule has 0 aliphatic carbocycles. The quantitative estimate of drug-likeness (QED) is 0.740. The molecule has 106 valence electrons. The molecular formula is C11H19F3N2O2. The fourth-order valence-electron chi connectivity index (χ4n) is 2.04. The van der Waals surface area contributed by atoms with Crippen LogP contribution in [0.5, 0.6) is 0 Å². The highest BCUT2D eigenvalue weighted by Gasteiger charge is 2.31. The third kappa shape index (κ3) is 6.80. The van der Waals surface area contributed by atoms with Gasteiger partial charge in [0, 0.05) is 32.6 Å². The zero-order chi connectivity index (χ0) is 13.6. The van der Waals surface area contributed by atoms with Gasteiger partial charge in [0.2, 0.25) is 0 Å². The van der Waals surface area contributed by atoms with E-state index in [-0.39, 0.29) is 6.42 Å². The highest BCUT2D eigenvalue weighted by atomic mass is 19.4. The van der Waals surface area contributed by atoms with Gasteiger partial charge in [-0.1, -0.05) is 0 Å². The first kappa shape index (κ1) is 15.2. The van der Waals surface area contributed by atoms with Crippen LogP contribution in [0.4, 0.5) is 13.2 Å². The SMILES string of the molecule is O=C(O)CCCCN1CCN(CC(F)(F)F)CC1. The van der Waals surface area contributed by atoms with Crippen LogP contribution in [-0.2, 0) is 4.79 Å². The van der Waals surface area contributed by atoms with Crippen LogP contribution in [-0.4, -0.2) is 66.3 Å². The summed E-state index contributed by atoms with van der Waals surface area (Å²) in [6, 6.07) is 0. The van der Waals surface area contributed by atoms with Crippen molar-refractivity contribution in [3.63, 3.8) is 0 Å². The van der Waals surface area contributed by atoms with Crippen molar-refractivity contribution >= 4 is 5.97 Å². The number of rotatable bonds is 6. The fourth-order valence-corrected chi connectivity index (χ4v) is 2.04. The van der Waals surface area contributed by atoms with Gasteiger partial charge in [-0.25, -0.2) is 0 Å². The highest BCUT2D eigenvalue weighted by Crippen LogP contribution is 2.17. The number of aliphatic carboxylic acids is 1. The minimum atomic E-state index is -4.12. The summed E-state index contributed by atoms with van der Waals surface area (Å²) in [5.74, 6) is -0.801. The number of carboxylic acids is 1. The summed E-state index contributed by atoms with van der Waals surface area (Å²) in [5, 5.41) is 8.47. The molecule has 4 nitrogen and oxygen atoms in total. The van der Waals surface area contributed by atoms with Crippen LogP contribution < -0.4 is 0 Å². The molecule has 1 aliphatic rings. The minimum absolute atomic E-state index is 0.161. The lowest BCUT2D eigenvalue weighted by Crippen LogP contribution is -2.49. The number of unbranched alkanes of at least 4 members (excludes halogenated alkanes) is 1. The Kier molecular flexibility index (Phi) is 5.87. The summed E-state index contributed by atoms with van der Waals surface area (Å²) in [6.07, 6.45) is -2.55. The third-order valence-corrected chi connectivity index (χ3v) is 2.98. The first-order valence-corrected chi connectivity index (χ1v) is 6.10. The van der Waals surface area contributed by atoms with Crippen molar-refractivity contribution in [3.05, 3.63) is 0 Å². The second-order valence-corrected chi connectivity index (χ2v) is 4.58. The van der Waals surface area contributed by atoms with Crippen molar-refractivity contribution in [3.8, 4) is 0 Å². The molecule has 1 N–H and O–H groups in total. The Morgan fingerprint density at radius 2 is 1.61 bits per heavy atom. The summed E-state index contributed by atoms with van der Waals surface area (Å²) in [6.45, 7) is 2.05. The number of halogens is 3. The van der Waals surface area contributed by atoms with Crippen LogP contribution in [0, 0.1) is 0 Å². The minimum Gasteiger partial charge on any atom is -0.481 e. The van der Waals surface area contributed by atoms with E-state index in [1.807, 2.05) is 0 Å². The van der Waals surface area contributed by atoms with Crippen molar-refractivity contribution in [2.75, 3.05) is 39.3 Å². The smallest absolute Gasteiger partial charge is 0.401 e. The lowest BCUT2D eigenvalue weighted by molar-refractivity contribution is -0.149. The van der Waals surface area contributed by atoms with Gasteiger partial charge in [0.25, 0.3) is 0 Å². The first-order chi connectivity index (χ1) is 8.37. The summed E-state index contributed by atoms with van der Waals surface area (Å²) >= 11 is 0. The van der Waals surface area contributed by atoms with Gasteiger partial charge in [-0.3, -0.25) is 9.69 Å². The largest absolute Gasteiger partial charge is 0.481 e. The topological polar surface area (TPSA) is 43.8 Å². The van der Waals surface area contributed by atoms with Crippen LogP contribution in [0.2, 0.25) is 0 Å². The van der Waals surface area contributed by atoms with Crippen LogP contribution in [0.1, 0.15) is 19.3 Å². The number of alkyl halides is 3. The molecule has 18 heavy (non-hydrogen) atoms. The number of carbonyl (C=O) groups is 1. The first-order valence-electron chi connectivity index (χ1n) is 6.10. The van der Waals surface area contributed by atoms with Gasteiger partial charge >= 0.3 is 12.1 Å². The summed E-state index contributed by atoms with van der Waals surface area (Å²) in [4.78, 5) is 13.8. The molecule has 0 saturated carbocycles. The number of hydrogen-bond donors (Lipinski definition) is 1. The van der Waals surface area contributed by atoms with Crippen molar-refractivity contribution in [1.29, 1.82) is 0 Å². The molecule has 0 aromatic heterocycles. The zero-order valence-corrected chi connectivity index (χ0v) is 10.2. The Balaban J connectivity index is 2.10. The number of hydrogen-bond acceptors (Lipinski definition) is 3. The average Bonchev–Trinajstić information content (AvgIpc) is 2.24. The molecule has 0 aromatic carbocycles. The maximum atomic E-state index is 12.2. The van der Waals surface area contributed by atoms with Crippen molar-refractivity contribution in [2.45, 2.75) is 25.4 Å². The van der Waals surface area contributed by atoms with Crippen LogP contribution in [0.25, 0.3) is 0 Å². The highest BCUT2D eigenvalue weighted by molar-refractivity contribution is 5.66. The molecular weight excluding hydrogens is 249 g/mol. The van der Waals surface area contributed by atoms with E-state index in [1.54, 1.807) is 0 Å². The molecule has 0 bridgehead atoms. The Hall–Kier alpha value is -0.820. The third-order valence-electron chi connectivity index (χ3n) is 2.98. The second-order valence-electron chi connectivity index (χ2n) is 4.58. The molecule has 0 radical (unpaired) electrons. The molecule has 0 spiro atoms. The molecule has 0 aromatic rings.